The molecule has 0 bridgehead atoms. The molecule has 17 heavy (non-hydrogen) atoms. The van der Waals surface area contributed by atoms with Crippen LogP contribution in [-0.2, 0) is 0 Å². The van der Waals surface area contributed by atoms with Gasteiger partial charge in [-0.2, -0.15) is 0 Å². The molecule has 0 radical (unpaired) electrons. The Morgan fingerprint density at radius 3 is 2.59 bits per heavy atom. The summed E-state index contributed by atoms with van der Waals surface area (Å²) in [5.74, 6) is 5.17. The molecule has 0 aliphatic rings. The van der Waals surface area contributed by atoms with E-state index in [1.54, 1.807) is 30.3 Å². The number of anilines is 1. The standard InChI is InChI=1S/C14H9ClFN/c15-12-7-6-11(14(16)9-12)5-4-10-2-1-3-13(17)8-10/h1-3,6-9H,17H2. The summed E-state index contributed by atoms with van der Waals surface area (Å²) in [5.41, 5.74) is 7.32. The molecule has 0 aromatic heterocycles. The molecule has 1 nitrogen and oxygen atoms in total. The second-order valence-corrected chi connectivity index (χ2v) is 3.94. The van der Waals surface area contributed by atoms with Gasteiger partial charge in [-0.25, -0.2) is 4.39 Å². The SMILES string of the molecule is Nc1cccc(C#Cc2ccc(Cl)cc2F)c1. The Morgan fingerprint density at radius 2 is 1.88 bits per heavy atom. The summed E-state index contributed by atoms with van der Waals surface area (Å²) in [6, 6.07) is 11.5. The van der Waals surface area contributed by atoms with Crippen molar-refractivity contribution in [1.82, 2.24) is 0 Å². The summed E-state index contributed by atoms with van der Waals surface area (Å²) >= 11 is 5.65. The maximum absolute atomic E-state index is 13.4. The number of rotatable bonds is 0. The van der Waals surface area contributed by atoms with Crippen LogP contribution < -0.4 is 5.73 Å². The molecule has 0 aliphatic carbocycles. The number of halogens is 2. The fraction of sp³-hybridized carbons (Fsp3) is 0. The average molecular weight is 246 g/mol. The van der Waals surface area contributed by atoms with Crippen molar-refractivity contribution in [3.63, 3.8) is 0 Å². The first kappa shape index (κ1) is 11.5. The summed E-state index contributed by atoms with van der Waals surface area (Å²) in [7, 11) is 0. The number of nitrogens with two attached hydrogens (primary N) is 1. The highest BCUT2D eigenvalue weighted by Crippen LogP contribution is 2.14. The molecule has 2 aromatic rings. The molecule has 2 N–H and O–H groups in total. The summed E-state index contributed by atoms with van der Waals surface area (Å²) < 4.78 is 13.4. The second kappa shape index (κ2) is 4.90. The van der Waals surface area contributed by atoms with E-state index < -0.39 is 5.82 Å². The average Bonchev–Trinajstić information content (AvgIpc) is 2.28. The molecule has 3 heteroatoms. The Balaban J connectivity index is 2.33. The Kier molecular flexibility index (Phi) is 3.32. The predicted molar refractivity (Wildman–Crippen MR) is 68.2 cm³/mol. The zero-order valence-electron chi connectivity index (χ0n) is 8.87. The maximum atomic E-state index is 13.4. The minimum atomic E-state index is -0.422. The number of hydrogen-bond acceptors (Lipinski definition) is 1. The van der Waals surface area contributed by atoms with Gasteiger partial charge in [0.05, 0.1) is 5.56 Å². The summed E-state index contributed by atoms with van der Waals surface area (Å²) in [6.07, 6.45) is 0. The Bertz CT molecular complexity index is 611. The third-order valence-corrected chi connectivity index (χ3v) is 2.39. The van der Waals surface area contributed by atoms with E-state index in [4.69, 9.17) is 17.3 Å². The third kappa shape index (κ3) is 2.99. The van der Waals surface area contributed by atoms with Gasteiger partial charge in [0.15, 0.2) is 0 Å². The highest BCUT2D eigenvalue weighted by molar-refractivity contribution is 6.30. The largest absolute Gasteiger partial charge is 0.399 e. The molecular weight excluding hydrogens is 237 g/mol. The number of nitrogen functional groups attached to an aromatic ring is 1. The van der Waals surface area contributed by atoms with Crippen LogP contribution in [0, 0.1) is 17.7 Å². The lowest BCUT2D eigenvalue weighted by Crippen LogP contribution is -1.85. The fourth-order valence-electron chi connectivity index (χ4n) is 1.35. The lowest BCUT2D eigenvalue weighted by Gasteiger charge is -1.95. The van der Waals surface area contributed by atoms with Crippen LogP contribution in [0.5, 0.6) is 0 Å². The monoisotopic (exact) mass is 245 g/mol. The van der Waals surface area contributed by atoms with E-state index in [0.717, 1.165) is 5.56 Å². The van der Waals surface area contributed by atoms with Gasteiger partial charge in [0.25, 0.3) is 0 Å². The molecule has 0 fully saturated rings. The zero-order valence-corrected chi connectivity index (χ0v) is 9.63. The normalized spacial score (nSPS) is 9.53. The molecular formula is C14H9ClFN. The lowest BCUT2D eigenvalue weighted by molar-refractivity contribution is 0.624. The van der Waals surface area contributed by atoms with Crippen LogP contribution in [0.3, 0.4) is 0 Å². The van der Waals surface area contributed by atoms with E-state index in [1.165, 1.54) is 6.07 Å². The van der Waals surface area contributed by atoms with Crippen molar-refractivity contribution in [1.29, 1.82) is 0 Å². The van der Waals surface area contributed by atoms with E-state index in [2.05, 4.69) is 11.8 Å². The Morgan fingerprint density at radius 1 is 1.06 bits per heavy atom. The van der Waals surface area contributed by atoms with Crippen LogP contribution >= 0.6 is 11.6 Å². The van der Waals surface area contributed by atoms with Crippen molar-refractivity contribution in [2.45, 2.75) is 0 Å². The van der Waals surface area contributed by atoms with Gasteiger partial charge in [-0.05, 0) is 36.4 Å². The van der Waals surface area contributed by atoms with Crippen molar-refractivity contribution in [3.8, 4) is 11.8 Å². The maximum Gasteiger partial charge on any atom is 0.140 e. The van der Waals surface area contributed by atoms with E-state index in [-0.39, 0.29) is 0 Å². The van der Waals surface area contributed by atoms with Gasteiger partial charge in [0.2, 0.25) is 0 Å². The minimum absolute atomic E-state index is 0.317. The first-order valence-electron chi connectivity index (χ1n) is 4.98. The van der Waals surface area contributed by atoms with Gasteiger partial charge >= 0.3 is 0 Å². The molecule has 2 rings (SSSR count). The highest BCUT2D eigenvalue weighted by Gasteiger charge is 1.98. The van der Waals surface area contributed by atoms with Crippen molar-refractivity contribution >= 4 is 17.3 Å². The van der Waals surface area contributed by atoms with Crippen LogP contribution in [-0.4, -0.2) is 0 Å². The van der Waals surface area contributed by atoms with Crippen molar-refractivity contribution in [2.75, 3.05) is 5.73 Å². The van der Waals surface area contributed by atoms with Crippen molar-refractivity contribution < 1.29 is 4.39 Å². The van der Waals surface area contributed by atoms with E-state index in [9.17, 15) is 4.39 Å². The lowest BCUT2D eigenvalue weighted by atomic mass is 10.1. The molecule has 0 heterocycles. The molecule has 2 aromatic carbocycles. The van der Waals surface area contributed by atoms with Crippen LogP contribution in [0.2, 0.25) is 5.02 Å². The smallest absolute Gasteiger partial charge is 0.140 e. The quantitative estimate of drug-likeness (QED) is 0.558. The second-order valence-electron chi connectivity index (χ2n) is 3.50. The van der Waals surface area contributed by atoms with Crippen LogP contribution in [0.1, 0.15) is 11.1 Å². The summed E-state index contributed by atoms with van der Waals surface area (Å²) in [5, 5.41) is 0.358. The molecule has 0 atom stereocenters. The first-order chi connectivity index (χ1) is 8.15. The fourth-order valence-corrected chi connectivity index (χ4v) is 1.51. The van der Waals surface area contributed by atoms with Crippen molar-refractivity contribution in [2.24, 2.45) is 0 Å². The van der Waals surface area contributed by atoms with Crippen LogP contribution in [0.4, 0.5) is 10.1 Å². The molecule has 0 saturated heterocycles. The number of hydrogen-bond donors (Lipinski definition) is 1. The molecule has 0 aliphatic heterocycles. The van der Waals surface area contributed by atoms with Crippen molar-refractivity contribution in [3.05, 3.63) is 64.4 Å². The molecule has 0 unspecified atom stereocenters. The van der Waals surface area contributed by atoms with Gasteiger partial charge in [0, 0.05) is 16.3 Å². The molecule has 0 spiro atoms. The summed E-state index contributed by atoms with van der Waals surface area (Å²) in [6.45, 7) is 0. The van der Waals surface area contributed by atoms with Gasteiger partial charge in [-0.15, -0.1) is 0 Å². The number of benzene rings is 2. The van der Waals surface area contributed by atoms with E-state index in [0.29, 0.717) is 16.3 Å². The zero-order chi connectivity index (χ0) is 12.3. The Hall–Kier alpha value is -1.98. The Labute approximate surface area is 104 Å². The predicted octanol–water partition coefficient (Wildman–Crippen LogP) is 3.46. The topological polar surface area (TPSA) is 26.0 Å². The van der Waals surface area contributed by atoms with Gasteiger partial charge in [0.1, 0.15) is 5.82 Å². The van der Waals surface area contributed by atoms with Crippen LogP contribution in [0.15, 0.2) is 42.5 Å². The van der Waals surface area contributed by atoms with Gasteiger partial charge in [-0.1, -0.05) is 29.5 Å². The van der Waals surface area contributed by atoms with E-state index >= 15 is 0 Å². The van der Waals surface area contributed by atoms with E-state index in [1.807, 2.05) is 6.07 Å². The minimum Gasteiger partial charge on any atom is -0.399 e. The van der Waals surface area contributed by atoms with Gasteiger partial charge < -0.3 is 5.73 Å². The molecule has 0 saturated carbocycles. The highest BCUT2D eigenvalue weighted by atomic mass is 35.5. The molecule has 84 valence electrons. The van der Waals surface area contributed by atoms with Gasteiger partial charge in [-0.3, -0.25) is 0 Å². The third-order valence-electron chi connectivity index (χ3n) is 2.16. The van der Waals surface area contributed by atoms with Crippen LogP contribution in [0.25, 0.3) is 0 Å². The summed E-state index contributed by atoms with van der Waals surface area (Å²) in [4.78, 5) is 0. The molecule has 0 amide bonds. The first-order valence-corrected chi connectivity index (χ1v) is 5.35.